The first-order valence-corrected chi connectivity index (χ1v) is 7.10. The van der Waals surface area contributed by atoms with Gasteiger partial charge >= 0.3 is 5.97 Å². The number of aliphatic hydroxyl groups is 1. The highest BCUT2D eigenvalue weighted by atomic mass is 32.2. The molecule has 94 valence electrons. The van der Waals surface area contributed by atoms with Crippen LogP contribution in [0.2, 0.25) is 0 Å². The highest BCUT2D eigenvalue weighted by molar-refractivity contribution is 7.91. The number of rotatable bonds is 3. The van der Waals surface area contributed by atoms with Crippen molar-refractivity contribution in [2.75, 3.05) is 13.1 Å². The number of hydrogen-bond donors (Lipinski definition) is 2. The van der Waals surface area contributed by atoms with Crippen molar-refractivity contribution in [3.63, 3.8) is 0 Å². The van der Waals surface area contributed by atoms with Crippen molar-refractivity contribution in [3.8, 4) is 0 Å². The SMILES string of the molecule is O=C(O)c1ncsc1S(=O)(=O)N1CCC(O)C1. The lowest BCUT2D eigenvalue weighted by Crippen LogP contribution is -2.30. The molecule has 1 fully saturated rings. The number of carboxylic acid groups (broad SMARTS) is 1. The minimum atomic E-state index is -3.86. The number of thiazole rings is 1. The average Bonchev–Trinajstić information content (AvgIpc) is 2.84. The van der Waals surface area contributed by atoms with E-state index in [2.05, 4.69) is 4.98 Å². The summed E-state index contributed by atoms with van der Waals surface area (Å²) in [7, 11) is -3.86. The number of hydrogen-bond acceptors (Lipinski definition) is 6. The summed E-state index contributed by atoms with van der Waals surface area (Å²) in [6.07, 6.45) is -0.327. The molecule has 0 aliphatic carbocycles. The maximum Gasteiger partial charge on any atom is 0.356 e. The summed E-state index contributed by atoms with van der Waals surface area (Å²) >= 11 is 0.770. The maximum atomic E-state index is 12.1. The molecule has 9 heteroatoms. The smallest absolute Gasteiger partial charge is 0.356 e. The molecule has 7 nitrogen and oxygen atoms in total. The number of aliphatic hydroxyl groups excluding tert-OH is 1. The van der Waals surface area contributed by atoms with Crippen LogP contribution in [0, 0.1) is 0 Å². The first kappa shape index (κ1) is 12.4. The Morgan fingerprint density at radius 1 is 1.59 bits per heavy atom. The summed E-state index contributed by atoms with van der Waals surface area (Å²) in [5.41, 5.74) is 0.722. The normalized spacial score (nSPS) is 21.8. The summed E-state index contributed by atoms with van der Waals surface area (Å²) in [5.74, 6) is -1.37. The van der Waals surface area contributed by atoms with Crippen LogP contribution in [0.15, 0.2) is 9.72 Å². The Morgan fingerprint density at radius 3 is 2.82 bits per heavy atom. The van der Waals surface area contributed by atoms with Gasteiger partial charge in [-0.3, -0.25) is 0 Å². The largest absolute Gasteiger partial charge is 0.476 e. The lowest BCUT2D eigenvalue weighted by molar-refractivity contribution is 0.0687. The number of carboxylic acids is 1. The van der Waals surface area contributed by atoms with Crippen LogP contribution in [0.4, 0.5) is 0 Å². The molecule has 0 aromatic carbocycles. The molecule has 2 N–H and O–H groups in total. The van der Waals surface area contributed by atoms with E-state index >= 15 is 0 Å². The molecule has 1 aromatic rings. The second-order valence-electron chi connectivity index (χ2n) is 3.60. The number of β-amino-alcohol motifs (C(OH)–C–C–N with tert-alkyl or cyclic N) is 1. The summed E-state index contributed by atoms with van der Waals surface area (Å²) in [6.45, 7) is 0.194. The van der Waals surface area contributed by atoms with Gasteiger partial charge < -0.3 is 10.2 Å². The third kappa shape index (κ3) is 2.18. The summed E-state index contributed by atoms with van der Waals surface area (Å²) in [5, 5.41) is 18.1. The number of carbonyl (C=O) groups is 1. The van der Waals surface area contributed by atoms with Crippen LogP contribution in [-0.4, -0.2) is 53.1 Å². The van der Waals surface area contributed by atoms with Gasteiger partial charge in [0.25, 0.3) is 10.0 Å². The number of aromatic carboxylic acids is 1. The quantitative estimate of drug-likeness (QED) is 0.778. The van der Waals surface area contributed by atoms with Gasteiger partial charge in [0.05, 0.1) is 11.6 Å². The second-order valence-corrected chi connectivity index (χ2v) is 6.59. The molecule has 0 spiro atoms. The van der Waals surface area contributed by atoms with E-state index in [-0.39, 0.29) is 17.3 Å². The monoisotopic (exact) mass is 278 g/mol. The first-order valence-electron chi connectivity index (χ1n) is 4.78. The van der Waals surface area contributed by atoms with Crippen LogP contribution in [0.1, 0.15) is 16.9 Å². The minimum absolute atomic E-state index is 0.000702. The second kappa shape index (κ2) is 4.33. The molecule has 0 radical (unpaired) electrons. The van der Waals surface area contributed by atoms with Crippen LogP contribution in [0.25, 0.3) is 0 Å². The predicted octanol–water partition coefficient (Wildman–Crippen LogP) is -0.403. The highest BCUT2D eigenvalue weighted by Gasteiger charge is 2.35. The third-order valence-corrected chi connectivity index (χ3v) is 5.65. The molecule has 1 saturated heterocycles. The maximum absolute atomic E-state index is 12.1. The fourth-order valence-electron chi connectivity index (χ4n) is 1.61. The lowest BCUT2D eigenvalue weighted by Gasteiger charge is -2.14. The van der Waals surface area contributed by atoms with E-state index in [1.807, 2.05) is 0 Å². The molecule has 1 aromatic heterocycles. The summed E-state index contributed by atoms with van der Waals surface area (Å²) in [4.78, 5) is 14.3. The zero-order chi connectivity index (χ0) is 12.6. The van der Waals surface area contributed by atoms with Gasteiger partial charge in [0.15, 0.2) is 9.90 Å². The van der Waals surface area contributed by atoms with E-state index in [9.17, 15) is 18.3 Å². The van der Waals surface area contributed by atoms with Crippen molar-refractivity contribution in [2.24, 2.45) is 0 Å². The van der Waals surface area contributed by atoms with Gasteiger partial charge in [-0.15, -0.1) is 11.3 Å². The van der Waals surface area contributed by atoms with Crippen molar-refractivity contribution in [3.05, 3.63) is 11.2 Å². The molecule has 17 heavy (non-hydrogen) atoms. The zero-order valence-corrected chi connectivity index (χ0v) is 10.2. The van der Waals surface area contributed by atoms with Crippen LogP contribution in [0.5, 0.6) is 0 Å². The molecular weight excluding hydrogens is 268 g/mol. The topological polar surface area (TPSA) is 108 Å². The molecule has 1 unspecified atom stereocenters. The minimum Gasteiger partial charge on any atom is -0.476 e. The Labute approximate surface area is 101 Å². The van der Waals surface area contributed by atoms with Crippen LogP contribution < -0.4 is 0 Å². The van der Waals surface area contributed by atoms with E-state index < -0.39 is 27.8 Å². The Morgan fingerprint density at radius 2 is 2.29 bits per heavy atom. The van der Waals surface area contributed by atoms with Gasteiger partial charge in [-0.25, -0.2) is 18.2 Å². The van der Waals surface area contributed by atoms with Crippen LogP contribution in [0.3, 0.4) is 0 Å². The number of aromatic nitrogens is 1. The fraction of sp³-hybridized carbons (Fsp3) is 0.500. The zero-order valence-electron chi connectivity index (χ0n) is 8.61. The molecule has 0 saturated carbocycles. The van der Waals surface area contributed by atoms with Crippen molar-refractivity contribution in [1.29, 1.82) is 0 Å². The van der Waals surface area contributed by atoms with Crippen molar-refractivity contribution >= 4 is 27.3 Å². The van der Waals surface area contributed by atoms with Crippen LogP contribution in [-0.2, 0) is 10.0 Å². The average molecular weight is 278 g/mol. The van der Waals surface area contributed by atoms with Gasteiger partial charge in [0.1, 0.15) is 0 Å². The van der Waals surface area contributed by atoms with Gasteiger partial charge in [0, 0.05) is 13.1 Å². The fourth-order valence-corrected chi connectivity index (χ4v) is 4.38. The van der Waals surface area contributed by atoms with E-state index in [0.717, 1.165) is 15.6 Å². The van der Waals surface area contributed by atoms with E-state index in [1.54, 1.807) is 0 Å². The Bertz CT molecular complexity index is 538. The third-order valence-electron chi connectivity index (χ3n) is 2.44. The predicted molar refractivity (Wildman–Crippen MR) is 58.5 cm³/mol. The highest BCUT2D eigenvalue weighted by Crippen LogP contribution is 2.26. The Kier molecular flexibility index (Phi) is 3.17. The molecule has 0 bridgehead atoms. The lowest BCUT2D eigenvalue weighted by atomic mass is 10.3. The van der Waals surface area contributed by atoms with Gasteiger partial charge in [0.2, 0.25) is 0 Å². The molecule has 0 amide bonds. The first-order chi connectivity index (χ1) is 7.93. The van der Waals surface area contributed by atoms with Gasteiger partial charge in [-0.05, 0) is 6.42 Å². The van der Waals surface area contributed by atoms with Gasteiger partial charge in [-0.1, -0.05) is 0 Å². The van der Waals surface area contributed by atoms with Crippen molar-refractivity contribution < 1.29 is 23.4 Å². The van der Waals surface area contributed by atoms with Crippen molar-refractivity contribution in [2.45, 2.75) is 16.7 Å². The molecule has 2 heterocycles. The summed E-state index contributed by atoms with van der Waals surface area (Å²) < 4.78 is 25.0. The standard InChI is InChI=1S/C8H10N2O5S2/c11-5-1-2-10(3-5)17(14,15)8-6(7(12)13)9-4-16-8/h4-5,11H,1-3H2,(H,12,13). The number of sulfonamides is 1. The Balaban J connectivity index is 2.38. The van der Waals surface area contributed by atoms with Gasteiger partial charge in [-0.2, -0.15) is 4.31 Å². The Hall–Kier alpha value is -1.03. The van der Waals surface area contributed by atoms with Crippen LogP contribution >= 0.6 is 11.3 Å². The molecule has 2 rings (SSSR count). The molecular formula is C8H10N2O5S2. The molecule has 1 atom stereocenters. The van der Waals surface area contributed by atoms with Crippen molar-refractivity contribution in [1.82, 2.24) is 9.29 Å². The summed E-state index contributed by atoms with van der Waals surface area (Å²) in [6, 6.07) is 0. The van der Waals surface area contributed by atoms with E-state index in [0.29, 0.717) is 6.42 Å². The van der Waals surface area contributed by atoms with E-state index in [1.165, 1.54) is 5.51 Å². The van der Waals surface area contributed by atoms with E-state index in [4.69, 9.17) is 5.11 Å². The molecule has 1 aliphatic heterocycles. The molecule has 1 aliphatic rings. The number of nitrogens with zero attached hydrogens (tertiary/aromatic N) is 2.